The molecule has 3 heterocycles. The van der Waals surface area contributed by atoms with Gasteiger partial charge in [0, 0.05) is 57.5 Å². The van der Waals surface area contributed by atoms with Gasteiger partial charge in [-0.15, -0.1) is 0 Å². The highest BCUT2D eigenvalue weighted by molar-refractivity contribution is 5.93. The largest absolute Gasteiger partial charge is 0.340 e. The van der Waals surface area contributed by atoms with Gasteiger partial charge in [-0.05, 0) is 25.0 Å². The van der Waals surface area contributed by atoms with E-state index in [2.05, 4.69) is 21.0 Å². The van der Waals surface area contributed by atoms with E-state index in [1.165, 1.54) is 12.8 Å². The average Bonchev–Trinajstić information content (AvgIpc) is 3.14. The van der Waals surface area contributed by atoms with Crippen LogP contribution in [0.25, 0.3) is 0 Å². The van der Waals surface area contributed by atoms with Crippen molar-refractivity contribution >= 4 is 5.91 Å². The average molecular weight is 274 g/mol. The molecule has 1 aromatic heterocycles. The van der Waals surface area contributed by atoms with E-state index < -0.39 is 0 Å². The maximum atomic E-state index is 12.6. The Kier molecular flexibility index (Phi) is 3.04. The summed E-state index contributed by atoms with van der Waals surface area (Å²) in [6.45, 7) is 5.98. The van der Waals surface area contributed by atoms with Crippen molar-refractivity contribution in [2.24, 2.45) is 0 Å². The van der Waals surface area contributed by atoms with Gasteiger partial charge in [0.05, 0.1) is 0 Å². The topological polar surface area (TPSA) is 40.5 Å². The molecule has 1 saturated carbocycles. The molecule has 1 aromatic rings. The lowest BCUT2D eigenvalue weighted by Crippen LogP contribution is -2.62. The van der Waals surface area contributed by atoms with Gasteiger partial charge in [0.1, 0.15) is 5.69 Å². The monoisotopic (exact) mass is 274 g/mol. The predicted molar refractivity (Wildman–Crippen MR) is 76.8 cm³/mol. The molecule has 1 N–H and O–H groups in total. The number of hydrogen-bond donors (Lipinski definition) is 1. The number of nitrogens with one attached hydrogen (secondary N) is 1. The molecule has 0 aromatic carbocycles. The minimum atomic E-state index is 0.216. The summed E-state index contributed by atoms with van der Waals surface area (Å²) in [5, 5.41) is 3.32. The maximum Gasteiger partial charge on any atom is 0.270 e. The zero-order valence-corrected chi connectivity index (χ0v) is 11.8. The number of rotatable bonds is 3. The van der Waals surface area contributed by atoms with Crippen LogP contribution in [0.15, 0.2) is 18.3 Å². The van der Waals surface area contributed by atoms with E-state index >= 15 is 0 Å². The SMILES string of the molecule is O=C(c1cccn1C1CC1)N1CCN(C2CNC2)CC1. The standard InChI is InChI=1S/C15H22N4O/c20-15(14-2-1-5-19(14)12-3-4-12)18-8-6-17(7-9-18)13-10-16-11-13/h1-2,5,12-13,16H,3-4,6-11H2. The van der Waals surface area contributed by atoms with Crippen LogP contribution in [0.2, 0.25) is 0 Å². The number of hydrogen-bond acceptors (Lipinski definition) is 3. The van der Waals surface area contributed by atoms with Gasteiger partial charge in [0.15, 0.2) is 0 Å². The Morgan fingerprint density at radius 3 is 2.45 bits per heavy atom. The molecule has 3 fully saturated rings. The van der Waals surface area contributed by atoms with Crippen molar-refractivity contribution in [2.45, 2.75) is 24.9 Å². The van der Waals surface area contributed by atoms with Gasteiger partial charge in [0.25, 0.3) is 5.91 Å². The Bertz CT molecular complexity index is 496. The summed E-state index contributed by atoms with van der Waals surface area (Å²) < 4.78 is 2.17. The third kappa shape index (κ3) is 2.15. The van der Waals surface area contributed by atoms with E-state index in [1.807, 2.05) is 17.0 Å². The van der Waals surface area contributed by atoms with Gasteiger partial charge in [-0.3, -0.25) is 9.69 Å². The molecule has 20 heavy (non-hydrogen) atoms. The fourth-order valence-electron chi connectivity index (χ4n) is 3.23. The van der Waals surface area contributed by atoms with Crippen molar-refractivity contribution < 1.29 is 4.79 Å². The summed E-state index contributed by atoms with van der Waals surface area (Å²) >= 11 is 0. The quantitative estimate of drug-likeness (QED) is 0.875. The Morgan fingerprint density at radius 2 is 1.85 bits per heavy atom. The molecule has 2 saturated heterocycles. The summed E-state index contributed by atoms with van der Waals surface area (Å²) in [4.78, 5) is 17.2. The van der Waals surface area contributed by atoms with Crippen LogP contribution in [0.1, 0.15) is 29.4 Å². The molecule has 0 unspecified atom stereocenters. The molecule has 2 aliphatic heterocycles. The van der Waals surface area contributed by atoms with Crippen LogP contribution >= 0.6 is 0 Å². The first kappa shape index (κ1) is 12.4. The van der Waals surface area contributed by atoms with Gasteiger partial charge in [-0.1, -0.05) is 0 Å². The van der Waals surface area contributed by atoms with Gasteiger partial charge >= 0.3 is 0 Å². The fraction of sp³-hybridized carbons (Fsp3) is 0.667. The van der Waals surface area contributed by atoms with Crippen LogP contribution in [-0.2, 0) is 0 Å². The molecule has 1 amide bonds. The molecule has 3 aliphatic rings. The van der Waals surface area contributed by atoms with Crippen LogP contribution in [0.4, 0.5) is 0 Å². The van der Waals surface area contributed by atoms with E-state index in [4.69, 9.17) is 0 Å². The van der Waals surface area contributed by atoms with E-state index in [-0.39, 0.29) is 5.91 Å². The van der Waals surface area contributed by atoms with Crippen molar-refractivity contribution in [1.82, 2.24) is 19.7 Å². The second-order valence-electron chi connectivity index (χ2n) is 6.17. The minimum absolute atomic E-state index is 0.216. The van der Waals surface area contributed by atoms with E-state index in [0.717, 1.165) is 45.0 Å². The number of nitrogens with zero attached hydrogens (tertiary/aromatic N) is 3. The van der Waals surface area contributed by atoms with Gasteiger partial charge in [-0.25, -0.2) is 0 Å². The number of aromatic nitrogens is 1. The number of amides is 1. The number of carbonyl (C=O) groups is 1. The zero-order chi connectivity index (χ0) is 13.5. The first-order valence-electron chi connectivity index (χ1n) is 7.74. The Morgan fingerprint density at radius 1 is 1.10 bits per heavy atom. The minimum Gasteiger partial charge on any atom is -0.340 e. The summed E-state index contributed by atoms with van der Waals surface area (Å²) in [6, 6.07) is 5.25. The zero-order valence-electron chi connectivity index (χ0n) is 11.8. The highest BCUT2D eigenvalue weighted by Crippen LogP contribution is 2.36. The van der Waals surface area contributed by atoms with Crippen LogP contribution in [-0.4, -0.2) is 65.6 Å². The van der Waals surface area contributed by atoms with Crippen molar-refractivity contribution in [3.8, 4) is 0 Å². The first-order chi connectivity index (χ1) is 9.83. The number of carbonyl (C=O) groups excluding carboxylic acids is 1. The van der Waals surface area contributed by atoms with Crippen molar-refractivity contribution in [1.29, 1.82) is 0 Å². The Balaban J connectivity index is 1.40. The third-order valence-corrected chi connectivity index (χ3v) is 4.82. The molecular weight excluding hydrogens is 252 g/mol. The van der Waals surface area contributed by atoms with Crippen LogP contribution in [0.5, 0.6) is 0 Å². The Hall–Kier alpha value is -1.33. The van der Waals surface area contributed by atoms with Crippen molar-refractivity contribution in [3.63, 3.8) is 0 Å². The first-order valence-corrected chi connectivity index (χ1v) is 7.74. The molecular formula is C15H22N4O. The maximum absolute atomic E-state index is 12.6. The fourth-order valence-corrected chi connectivity index (χ4v) is 3.23. The predicted octanol–water partition coefficient (Wildman–Crippen LogP) is 0.553. The summed E-state index contributed by atoms with van der Waals surface area (Å²) in [7, 11) is 0. The van der Waals surface area contributed by atoms with Gasteiger partial charge < -0.3 is 14.8 Å². The van der Waals surface area contributed by atoms with E-state index in [1.54, 1.807) is 0 Å². The molecule has 1 aliphatic carbocycles. The normalized spacial score (nSPS) is 24.7. The second kappa shape index (κ2) is 4.90. The molecule has 5 heteroatoms. The van der Waals surface area contributed by atoms with Crippen molar-refractivity contribution in [2.75, 3.05) is 39.3 Å². The summed E-state index contributed by atoms with van der Waals surface area (Å²) in [5.74, 6) is 0.216. The van der Waals surface area contributed by atoms with Crippen LogP contribution in [0, 0.1) is 0 Å². The lowest BCUT2D eigenvalue weighted by Gasteiger charge is -2.43. The Labute approximate surface area is 119 Å². The highest BCUT2D eigenvalue weighted by atomic mass is 16.2. The molecule has 0 spiro atoms. The summed E-state index contributed by atoms with van der Waals surface area (Å²) in [6.07, 6.45) is 4.50. The lowest BCUT2D eigenvalue weighted by molar-refractivity contribution is 0.0493. The van der Waals surface area contributed by atoms with E-state index in [9.17, 15) is 4.79 Å². The molecule has 4 rings (SSSR count). The van der Waals surface area contributed by atoms with Gasteiger partial charge in [-0.2, -0.15) is 0 Å². The van der Waals surface area contributed by atoms with Crippen LogP contribution in [0.3, 0.4) is 0 Å². The summed E-state index contributed by atoms with van der Waals surface area (Å²) in [5.41, 5.74) is 0.881. The molecule has 108 valence electrons. The molecule has 5 nitrogen and oxygen atoms in total. The highest BCUT2D eigenvalue weighted by Gasteiger charge is 2.32. The van der Waals surface area contributed by atoms with Gasteiger partial charge in [0.2, 0.25) is 0 Å². The lowest BCUT2D eigenvalue weighted by atomic mass is 10.1. The molecule has 0 bridgehead atoms. The van der Waals surface area contributed by atoms with Crippen LogP contribution < -0.4 is 5.32 Å². The smallest absolute Gasteiger partial charge is 0.270 e. The molecule has 0 radical (unpaired) electrons. The van der Waals surface area contributed by atoms with E-state index in [0.29, 0.717) is 12.1 Å². The number of piperazine rings is 1. The third-order valence-electron chi connectivity index (χ3n) is 4.82. The van der Waals surface area contributed by atoms with Crippen molar-refractivity contribution in [3.05, 3.63) is 24.0 Å². The second-order valence-corrected chi connectivity index (χ2v) is 6.17. The molecule has 0 atom stereocenters.